The van der Waals surface area contributed by atoms with Gasteiger partial charge in [0.2, 0.25) is 0 Å². The Balaban J connectivity index is 2.29. The molecule has 2 rings (SSSR count). The van der Waals surface area contributed by atoms with Crippen LogP contribution in [0.15, 0.2) is 36.8 Å². The van der Waals surface area contributed by atoms with Gasteiger partial charge in [0.05, 0.1) is 17.6 Å². The number of halogens is 3. The van der Waals surface area contributed by atoms with Crippen LogP contribution in [0.4, 0.5) is 13.2 Å². The van der Waals surface area contributed by atoms with Crippen molar-refractivity contribution in [3.63, 3.8) is 0 Å². The van der Waals surface area contributed by atoms with Gasteiger partial charge in [-0.1, -0.05) is 0 Å². The Morgan fingerprint density at radius 1 is 1.22 bits per heavy atom. The fraction of sp³-hybridized carbons (Fsp3) is 0.250. The maximum atomic E-state index is 12.4. The molecule has 0 saturated carbocycles. The first kappa shape index (κ1) is 12.6. The number of imidazole rings is 1. The highest BCUT2D eigenvalue weighted by Gasteiger charge is 2.29. The quantitative estimate of drug-likeness (QED) is 0.896. The second-order valence-electron chi connectivity index (χ2n) is 4.04. The van der Waals surface area contributed by atoms with Crippen LogP contribution in [0.1, 0.15) is 24.2 Å². The Bertz CT molecular complexity index is 526. The zero-order valence-corrected chi connectivity index (χ0v) is 9.65. The third-order valence-corrected chi connectivity index (χ3v) is 2.56. The summed E-state index contributed by atoms with van der Waals surface area (Å²) in [7, 11) is 0. The van der Waals surface area contributed by atoms with Crippen molar-refractivity contribution in [2.75, 3.05) is 0 Å². The van der Waals surface area contributed by atoms with Gasteiger partial charge in [-0.15, -0.1) is 0 Å². The first-order chi connectivity index (χ1) is 8.38. The minimum atomic E-state index is -4.32. The SMILES string of the molecule is C[C@H](N)c1cn(-c2ccc(C(F)(F)F)cc2)cn1. The molecule has 1 aromatic carbocycles. The predicted molar refractivity (Wildman–Crippen MR) is 61.2 cm³/mol. The minimum absolute atomic E-state index is 0.208. The monoisotopic (exact) mass is 255 g/mol. The van der Waals surface area contributed by atoms with Crippen LogP contribution in [0.5, 0.6) is 0 Å². The van der Waals surface area contributed by atoms with Gasteiger partial charge in [-0.05, 0) is 31.2 Å². The number of nitrogens with two attached hydrogens (primary N) is 1. The van der Waals surface area contributed by atoms with E-state index in [1.54, 1.807) is 17.7 Å². The van der Waals surface area contributed by atoms with Crippen LogP contribution >= 0.6 is 0 Å². The fourth-order valence-electron chi connectivity index (χ4n) is 1.54. The summed E-state index contributed by atoms with van der Waals surface area (Å²) in [6, 6.07) is 4.67. The van der Waals surface area contributed by atoms with Crippen molar-refractivity contribution in [3.8, 4) is 5.69 Å². The van der Waals surface area contributed by atoms with E-state index in [0.717, 1.165) is 12.1 Å². The van der Waals surface area contributed by atoms with Crippen LogP contribution in [-0.4, -0.2) is 9.55 Å². The van der Waals surface area contributed by atoms with E-state index in [-0.39, 0.29) is 6.04 Å². The Morgan fingerprint density at radius 3 is 2.28 bits per heavy atom. The standard InChI is InChI=1S/C12H12F3N3/c1-8(16)11-6-18(7-17-11)10-4-2-9(3-5-10)12(13,14)15/h2-8H,16H2,1H3/t8-/m0/s1. The molecule has 0 bridgehead atoms. The molecule has 0 amide bonds. The van der Waals surface area contributed by atoms with Gasteiger partial charge in [0, 0.05) is 17.9 Å². The number of rotatable bonds is 2. The highest BCUT2D eigenvalue weighted by Crippen LogP contribution is 2.29. The average molecular weight is 255 g/mol. The van der Waals surface area contributed by atoms with Crippen LogP contribution in [0.25, 0.3) is 5.69 Å². The van der Waals surface area contributed by atoms with E-state index in [1.807, 2.05) is 0 Å². The molecule has 1 heterocycles. The minimum Gasteiger partial charge on any atom is -0.323 e. The van der Waals surface area contributed by atoms with E-state index in [4.69, 9.17) is 5.73 Å². The molecule has 1 atom stereocenters. The van der Waals surface area contributed by atoms with Gasteiger partial charge >= 0.3 is 6.18 Å². The molecule has 0 aliphatic carbocycles. The lowest BCUT2D eigenvalue weighted by atomic mass is 10.2. The van der Waals surface area contributed by atoms with E-state index in [9.17, 15) is 13.2 Å². The molecule has 0 fully saturated rings. The molecule has 96 valence electrons. The van der Waals surface area contributed by atoms with Crippen LogP contribution in [-0.2, 0) is 6.18 Å². The lowest BCUT2D eigenvalue weighted by molar-refractivity contribution is -0.137. The highest BCUT2D eigenvalue weighted by molar-refractivity contribution is 5.36. The van der Waals surface area contributed by atoms with E-state index in [2.05, 4.69) is 4.98 Å². The van der Waals surface area contributed by atoms with Crippen molar-refractivity contribution < 1.29 is 13.2 Å². The van der Waals surface area contributed by atoms with Crippen LogP contribution in [0.2, 0.25) is 0 Å². The number of aromatic nitrogens is 2. The molecule has 0 saturated heterocycles. The van der Waals surface area contributed by atoms with E-state index < -0.39 is 11.7 Å². The van der Waals surface area contributed by atoms with Gasteiger partial charge in [-0.25, -0.2) is 4.98 Å². The van der Waals surface area contributed by atoms with Crippen LogP contribution in [0.3, 0.4) is 0 Å². The lowest BCUT2D eigenvalue weighted by Crippen LogP contribution is -2.05. The Hall–Kier alpha value is -1.82. The molecule has 2 N–H and O–H groups in total. The van der Waals surface area contributed by atoms with Gasteiger partial charge in [-0.2, -0.15) is 13.2 Å². The zero-order chi connectivity index (χ0) is 13.3. The maximum Gasteiger partial charge on any atom is 0.416 e. The first-order valence-corrected chi connectivity index (χ1v) is 5.35. The van der Waals surface area contributed by atoms with Gasteiger partial charge < -0.3 is 10.3 Å². The summed E-state index contributed by atoms with van der Waals surface area (Å²) < 4.78 is 38.8. The summed E-state index contributed by atoms with van der Waals surface area (Å²) in [6.45, 7) is 1.79. The average Bonchev–Trinajstić information content (AvgIpc) is 2.77. The molecule has 0 aliphatic rings. The second kappa shape index (κ2) is 4.45. The Kier molecular flexibility index (Phi) is 3.13. The fourth-order valence-corrected chi connectivity index (χ4v) is 1.54. The van der Waals surface area contributed by atoms with Gasteiger partial charge in [0.15, 0.2) is 0 Å². The maximum absolute atomic E-state index is 12.4. The van der Waals surface area contributed by atoms with Crippen molar-refractivity contribution in [1.82, 2.24) is 9.55 Å². The zero-order valence-electron chi connectivity index (χ0n) is 9.65. The summed E-state index contributed by atoms with van der Waals surface area (Å²) in [5.41, 5.74) is 6.30. The largest absolute Gasteiger partial charge is 0.416 e. The first-order valence-electron chi connectivity index (χ1n) is 5.35. The van der Waals surface area contributed by atoms with Crippen LogP contribution < -0.4 is 5.73 Å². The molecule has 0 spiro atoms. The lowest BCUT2D eigenvalue weighted by Gasteiger charge is -2.07. The number of benzene rings is 1. The molecular weight excluding hydrogens is 243 g/mol. The van der Waals surface area contributed by atoms with Crippen molar-refractivity contribution in [2.45, 2.75) is 19.1 Å². The van der Waals surface area contributed by atoms with E-state index in [1.165, 1.54) is 18.5 Å². The molecule has 0 unspecified atom stereocenters. The summed E-state index contributed by atoms with van der Waals surface area (Å²) in [6.07, 6.45) is -1.08. The smallest absolute Gasteiger partial charge is 0.323 e. The Morgan fingerprint density at radius 2 is 1.83 bits per heavy atom. The normalized spacial score (nSPS) is 13.6. The van der Waals surface area contributed by atoms with Crippen molar-refractivity contribution in [2.24, 2.45) is 5.73 Å². The highest BCUT2D eigenvalue weighted by atomic mass is 19.4. The van der Waals surface area contributed by atoms with Crippen molar-refractivity contribution >= 4 is 0 Å². The number of nitrogens with zero attached hydrogens (tertiary/aromatic N) is 2. The predicted octanol–water partition coefficient (Wildman–Crippen LogP) is 2.91. The number of hydrogen-bond donors (Lipinski definition) is 1. The molecule has 18 heavy (non-hydrogen) atoms. The molecule has 1 aromatic heterocycles. The second-order valence-corrected chi connectivity index (χ2v) is 4.04. The molecule has 3 nitrogen and oxygen atoms in total. The summed E-state index contributed by atoms with van der Waals surface area (Å²) in [5.74, 6) is 0. The molecule has 6 heteroatoms. The topological polar surface area (TPSA) is 43.8 Å². The summed E-state index contributed by atoms with van der Waals surface area (Å²) in [5, 5.41) is 0. The van der Waals surface area contributed by atoms with E-state index >= 15 is 0 Å². The van der Waals surface area contributed by atoms with Gasteiger partial charge in [-0.3, -0.25) is 0 Å². The third kappa shape index (κ3) is 2.53. The molecular formula is C12H12F3N3. The molecule has 2 aromatic rings. The van der Waals surface area contributed by atoms with Crippen LogP contribution in [0, 0.1) is 0 Å². The summed E-state index contributed by atoms with van der Waals surface area (Å²) in [4.78, 5) is 4.08. The molecule has 0 radical (unpaired) electrons. The van der Waals surface area contributed by atoms with E-state index in [0.29, 0.717) is 11.4 Å². The van der Waals surface area contributed by atoms with Gasteiger partial charge in [0.1, 0.15) is 0 Å². The number of alkyl halides is 3. The van der Waals surface area contributed by atoms with Crippen molar-refractivity contribution in [3.05, 3.63) is 48.0 Å². The Labute approximate surface area is 102 Å². The third-order valence-electron chi connectivity index (χ3n) is 2.56. The number of hydrogen-bond acceptors (Lipinski definition) is 2. The summed E-state index contributed by atoms with van der Waals surface area (Å²) >= 11 is 0. The van der Waals surface area contributed by atoms with Crippen molar-refractivity contribution in [1.29, 1.82) is 0 Å². The van der Waals surface area contributed by atoms with Gasteiger partial charge in [0.25, 0.3) is 0 Å². The molecule has 0 aliphatic heterocycles.